The van der Waals surface area contributed by atoms with Gasteiger partial charge in [0.15, 0.2) is 17.5 Å². The maximum absolute atomic E-state index is 14.1. The van der Waals surface area contributed by atoms with Crippen LogP contribution < -0.4 is 10.6 Å². The number of fused-ring (bicyclic) bond motifs is 1. The van der Waals surface area contributed by atoms with E-state index >= 15 is 0 Å². The van der Waals surface area contributed by atoms with Gasteiger partial charge in [0, 0.05) is 42.3 Å². The molecule has 3 N–H and O–H groups in total. The summed E-state index contributed by atoms with van der Waals surface area (Å²) in [6.45, 7) is 2.39. The minimum Gasteiger partial charge on any atom is -0.382 e. The first-order valence-corrected chi connectivity index (χ1v) is 12.5. The van der Waals surface area contributed by atoms with Crippen LogP contribution in [0.25, 0.3) is 10.9 Å². The SMILES string of the molecule is Cc1c(F)cc(CCC(=O)N2CCC(C3SC=CN3c3ccc4[nH]nc(N)c4c3)CC2)c(F)c1F. The van der Waals surface area contributed by atoms with Crippen molar-refractivity contribution in [1.82, 2.24) is 15.1 Å². The lowest BCUT2D eigenvalue weighted by molar-refractivity contribution is -0.132. The standard InChI is InChI=1S/C25H26F3N5OS/c1-14-19(26)12-16(23(28)22(14)27)2-5-21(34)32-8-6-15(7-9-32)25-33(10-11-35-25)17-3-4-20-18(13-17)24(29)31-30-20/h3-4,10-13,15,25H,2,5-9H2,1H3,(H3,29,30,31). The molecule has 6 nitrogen and oxygen atoms in total. The van der Waals surface area contributed by atoms with Gasteiger partial charge in [0.1, 0.15) is 5.82 Å². The number of aryl methyl sites for hydroxylation is 1. The molecule has 0 radical (unpaired) electrons. The number of H-pyrrole nitrogens is 1. The van der Waals surface area contributed by atoms with E-state index in [9.17, 15) is 18.0 Å². The van der Waals surface area contributed by atoms with Crippen molar-refractivity contribution < 1.29 is 18.0 Å². The fraction of sp³-hybridized carbons (Fsp3) is 0.360. The van der Waals surface area contributed by atoms with Gasteiger partial charge in [-0.2, -0.15) is 5.10 Å². The van der Waals surface area contributed by atoms with Gasteiger partial charge < -0.3 is 15.5 Å². The second kappa shape index (κ2) is 9.49. The zero-order valence-corrected chi connectivity index (χ0v) is 20.0. The number of carbonyl (C=O) groups excluding carboxylic acids is 1. The van der Waals surface area contributed by atoms with Crippen molar-refractivity contribution in [3.05, 3.63) is 64.5 Å². The van der Waals surface area contributed by atoms with Crippen LogP contribution in [0.15, 0.2) is 35.9 Å². The van der Waals surface area contributed by atoms with Crippen LogP contribution in [0.3, 0.4) is 0 Å². The van der Waals surface area contributed by atoms with E-state index < -0.39 is 17.5 Å². The number of nitrogen functional groups attached to an aromatic ring is 1. The number of likely N-dealkylation sites (tertiary alicyclic amines) is 1. The fourth-order valence-corrected chi connectivity index (χ4v) is 6.02. The molecule has 1 unspecified atom stereocenters. The third-order valence-corrected chi connectivity index (χ3v) is 8.12. The summed E-state index contributed by atoms with van der Waals surface area (Å²) in [4.78, 5) is 16.7. The molecule has 10 heteroatoms. The van der Waals surface area contributed by atoms with Gasteiger partial charge in [0.25, 0.3) is 0 Å². The first-order chi connectivity index (χ1) is 16.8. The number of nitrogens with one attached hydrogen (secondary N) is 1. The highest BCUT2D eigenvalue weighted by atomic mass is 32.2. The molecule has 3 aromatic rings. The van der Waals surface area contributed by atoms with E-state index in [1.165, 1.54) is 6.92 Å². The lowest BCUT2D eigenvalue weighted by Crippen LogP contribution is -2.43. The van der Waals surface area contributed by atoms with Crippen LogP contribution in [0.1, 0.15) is 30.4 Å². The van der Waals surface area contributed by atoms with Gasteiger partial charge in [0.2, 0.25) is 5.91 Å². The Balaban J connectivity index is 1.19. The first-order valence-electron chi connectivity index (χ1n) is 11.6. The van der Waals surface area contributed by atoms with Crippen molar-refractivity contribution in [2.45, 2.75) is 38.0 Å². The predicted octanol–water partition coefficient (Wildman–Crippen LogP) is 5.09. The molecule has 0 bridgehead atoms. The molecule has 1 fully saturated rings. The van der Waals surface area contributed by atoms with Gasteiger partial charge in [-0.1, -0.05) is 0 Å². The highest BCUT2D eigenvalue weighted by Gasteiger charge is 2.34. The molecule has 2 aromatic carbocycles. The van der Waals surface area contributed by atoms with Gasteiger partial charge in [-0.05, 0) is 67.3 Å². The van der Waals surface area contributed by atoms with E-state index in [1.54, 1.807) is 16.7 Å². The molecule has 35 heavy (non-hydrogen) atoms. The summed E-state index contributed by atoms with van der Waals surface area (Å²) in [5.74, 6) is -2.34. The van der Waals surface area contributed by atoms with Crippen molar-refractivity contribution in [1.29, 1.82) is 0 Å². The molecule has 3 heterocycles. The number of rotatable bonds is 5. The number of hydrogen-bond acceptors (Lipinski definition) is 5. The Morgan fingerprint density at radius 3 is 2.74 bits per heavy atom. The number of anilines is 2. The number of nitrogens with two attached hydrogens (primary N) is 1. The predicted molar refractivity (Wildman–Crippen MR) is 132 cm³/mol. The van der Waals surface area contributed by atoms with Crippen molar-refractivity contribution in [2.24, 2.45) is 5.92 Å². The Kier molecular flexibility index (Phi) is 6.39. The number of aromatic nitrogens is 2. The average molecular weight is 502 g/mol. The Morgan fingerprint density at radius 1 is 1.20 bits per heavy atom. The zero-order chi connectivity index (χ0) is 24.7. The lowest BCUT2D eigenvalue weighted by Gasteiger charge is -2.38. The van der Waals surface area contributed by atoms with Gasteiger partial charge >= 0.3 is 0 Å². The zero-order valence-electron chi connectivity index (χ0n) is 19.2. The molecule has 0 spiro atoms. The van der Waals surface area contributed by atoms with Crippen molar-refractivity contribution >= 4 is 40.1 Å². The molecule has 2 aliphatic rings. The number of piperidine rings is 1. The van der Waals surface area contributed by atoms with Crippen LogP contribution in [-0.4, -0.2) is 39.5 Å². The highest BCUT2D eigenvalue weighted by Crippen LogP contribution is 2.40. The molecule has 2 aliphatic heterocycles. The number of benzene rings is 2. The largest absolute Gasteiger partial charge is 0.382 e. The van der Waals surface area contributed by atoms with Gasteiger partial charge in [-0.15, -0.1) is 11.8 Å². The number of carbonyl (C=O) groups is 1. The molecule has 0 aliphatic carbocycles. The van der Waals surface area contributed by atoms with E-state index in [0.29, 0.717) is 24.8 Å². The monoisotopic (exact) mass is 501 g/mol. The number of hydrogen-bond donors (Lipinski definition) is 2. The second-order valence-corrected chi connectivity index (χ2v) is 10.1. The van der Waals surface area contributed by atoms with Crippen LogP contribution >= 0.6 is 11.8 Å². The number of amides is 1. The first kappa shape index (κ1) is 23.6. The summed E-state index contributed by atoms with van der Waals surface area (Å²) in [5.41, 5.74) is 7.45. The highest BCUT2D eigenvalue weighted by molar-refractivity contribution is 8.03. The van der Waals surface area contributed by atoms with Crippen LogP contribution in [0.5, 0.6) is 0 Å². The number of halogens is 3. The third-order valence-electron chi connectivity index (χ3n) is 6.95. The second-order valence-electron chi connectivity index (χ2n) is 9.05. The topological polar surface area (TPSA) is 78.2 Å². The summed E-state index contributed by atoms with van der Waals surface area (Å²) in [6.07, 6.45) is 3.72. The van der Waals surface area contributed by atoms with E-state index in [-0.39, 0.29) is 35.2 Å². The molecule has 5 rings (SSSR count). The van der Waals surface area contributed by atoms with Crippen molar-refractivity contribution in [3.8, 4) is 0 Å². The molecule has 1 amide bonds. The van der Waals surface area contributed by atoms with Crippen molar-refractivity contribution in [2.75, 3.05) is 23.7 Å². The van der Waals surface area contributed by atoms with Crippen LogP contribution in [0.2, 0.25) is 0 Å². The summed E-state index contributed by atoms with van der Waals surface area (Å²) in [5, 5.41) is 10.2. The van der Waals surface area contributed by atoms with Crippen LogP contribution in [-0.2, 0) is 11.2 Å². The fourth-order valence-electron chi connectivity index (χ4n) is 4.84. The lowest BCUT2D eigenvalue weighted by atomic mass is 9.95. The van der Waals surface area contributed by atoms with E-state index in [4.69, 9.17) is 5.73 Å². The minimum atomic E-state index is -1.19. The number of thioether (sulfide) groups is 1. The summed E-state index contributed by atoms with van der Waals surface area (Å²) >= 11 is 1.76. The Labute approximate surface area is 205 Å². The summed E-state index contributed by atoms with van der Waals surface area (Å²) in [7, 11) is 0. The maximum Gasteiger partial charge on any atom is 0.222 e. The quantitative estimate of drug-likeness (QED) is 0.476. The molecule has 1 atom stereocenters. The minimum absolute atomic E-state index is 0.0154. The third kappa shape index (κ3) is 4.47. The van der Waals surface area contributed by atoms with Crippen molar-refractivity contribution in [3.63, 3.8) is 0 Å². The smallest absolute Gasteiger partial charge is 0.222 e. The average Bonchev–Trinajstić information content (AvgIpc) is 3.51. The summed E-state index contributed by atoms with van der Waals surface area (Å²) in [6, 6.07) is 7.03. The molecule has 1 saturated heterocycles. The molecule has 184 valence electrons. The number of nitrogens with zero attached hydrogens (tertiary/aromatic N) is 3. The van der Waals surface area contributed by atoms with E-state index in [0.717, 1.165) is 35.5 Å². The van der Waals surface area contributed by atoms with Gasteiger partial charge in [0.05, 0.1) is 10.9 Å². The Hall–Kier alpha value is -3.14. The Morgan fingerprint density at radius 2 is 1.97 bits per heavy atom. The van der Waals surface area contributed by atoms with Crippen LogP contribution in [0, 0.1) is 30.3 Å². The van der Waals surface area contributed by atoms with Gasteiger partial charge in [-0.25, -0.2) is 13.2 Å². The summed E-state index contributed by atoms with van der Waals surface area (Å²) < 4.78 is 41.8. The Bertz CT molecular complexity index is 1300. The normalized spacial score (nSPS) is 18.7. The van der Waals surface area contributed by atoms with Gasteiger partial charge in [-0.3, -0.25) is 9.89 Å². The molecule has 0 saturated carbocycles. The van der Waals surface area contributed by atoms with E-state index in [2.05, 4.69) is 26.7 Å². The molecule has 1 aromatic heterocycles. The molecular weight excluding hydrogens is 475 g/mol. The van der Waals surface area contributed by atoms with E-state index in [1.807, 2.05) is 18.2 Å². The van der Waals surface area contributed by atoms with Crippen LogP contribution in [0.4, 0.5) is 24.7 Å². The number of aromatic amines is 1. The maximum atomic E-state index is 14.1. The molecular formula is C25H26F3N5OS.